The lowest BCUT2D eigenvalue weighted by atomic mass is 9.93. The summed E-state index contributed by atoms with van der Waals surface area (Å²) in [7, 11) is 0. The summed E-state index contributed by atoms with van der Waals surface area (Å²) in [6.07, 6.45) is 6.22. The van der Waals surface area contributed by atoms with E-state index in [1.165, 1.54) is 30.2 Å². The van der Waals surface area contributed by atoms with Gasteiger partial charge in [-0.3, -0.25) is 0 Å². The molecule has 0 radical (unpaired) electrons. The number of benzene rings is 1. The van der Waals surface area contributed by atoms with Crippen LogP contribution in [0, 0.1) is 0 Å². The minimum absolute atomic E-state index is 0.733. The Morgan fingerprint density at radius 1 is 1.21 bits per heavy atom. The highest BCUT2D eigenvalue weighted by molar-refractivity contribution is 5.83. The van der Waals surface area contributed by atoms with E-state index in [1.54, 1.807) is 0 Å². The molecule has 1 fully saturated rings. The van der Waals surface area contributed by atoms with Gasteiger partial charge < -0.3 is 10.3 Å². The maximum Gasteiger partial charge on any atom is 0.0484 e. The molecule has 1 aliphatic carbocycles. The van der Waals surface area contributed by atoms with Crippen molar-refractivity contribution in [1.82, 2.24) is 4.57 Å². The van der Waals surface area contributed by atoms with E-state index >= 15 is 0 Å². The number of fused-ring (bicyclic) bond motifs is 1. The largest absolute Gasteiger partial charge is 0.399 e. The second-order valence-corrected chi connectivity index (χ2v) is 4.13. The van der Waals surface area contributed by atoms with Crippen LogP contribution < -0.4 is 5.73 Å². The van der Waals surface area contributed by atoms with E-state index in [0.29, 0.717) is 0 Å². The van der Waals surface area contributed by atoms with Crippen molar-refractivity contribution < 1.29 is 0 Å². The van der Waals surface area contributed by atoms with Gasteiger partial charge in [0.2, 0.25) is 0 Å². The Balaban J connectivity index is 2.16. The number of rotatable bonds is 1. The molecule has 0 amide bonds. The Labute approximate surface area is 83.3 Å². The molecule has 2 nitrogen and oxygen atoms in total. The number of hydrogen-bond acceptors (Lipinski definition) is 1. The van der Waals surface area contributed by atoms with Crippen molar-refractivity contribution in [3.05, 3.63) is 30.5 Å². The Kier molecular flexibility index (Phi) is 1.57. The summed E-state index contributed by atoms with van der Waals surface area (Å²) in [6.45, 7) is 0. The average Bonchev–Trinajstić information content (AvgIpc) is 2.45. The highest BCUT2D eigenvalue weighted by atomic mass is 15.0. The Bertz CT molecular complexity index is 466. The summed E-state index contributed by atoms with van der Waals surface area (Å²) in [4.78, 5) is 0. The fourth-order valence-electron chi connectivity index (χ4n) is 2.17. The van der Waals surface area contributed by atoms with Gasteiger partial charge in [0.1, 0.15) is 0 Å². The van der Waals surface area contributed by atoms with Crippen molar-refractivity contribution in [2.45, 2.75) is 25.3 Å². The maximum absolute atomic E-state index is 5.75. The summed E-state index contributed by atoms with van der Waals surface area (Å²) < 4.78 is 2.39. The Morgan fingerprint density at radius 2 is 2.07 bits per heavy atom. The van der Waals surface area contributed by atoms with E-state index in [-0.39, 0.29) is 0 Å². The van der Waals surface area contributed by atoms with Crippen LogP contribution in [0.25, 0.3) is 10.9 Å². The predicted molar refractivity (Wildman–Crippen MR) is 59.2 cm³/mol. The fraction of sp³-hybridized carbons (Fsp3) is 0.333. The van der Waals surface area contributed by atoms with Crippen molar-refractivity contribution in [1.29, 1.82) is 0 Å². The third-order valence-corrected chi connectivity index (χ3v) is 3.21. The normalized spacial score (nSPS) is 17.1. The molecule has 2 aromatic rings. The second-order valence-electron chi connectivity index (χ2n) is 4.13. The third-order valence-electron chi connectivity index (χ3n) is 3.21. The molecule has 3 rings (SSSR count). The molecule has 1 aromatic heterocycles. The van der Waals surface area contributed by atoms with Gasteiger partial charge in [-0.1, -0.05) is 0 Å². The highest BCUT2D eigenvalue weighted by Crippen LogP contribution is 2.34. The smallest absolute Gasteiger partial charge is 0.0484 e. The predicted octanol–water partition coefficient (Wildman–Crippen LogP) is 2.95. The molecule has 2 N–H and O–H groups in total. The van der Waals surface area contributed by atoms with Crippen LogP contribution in [0.1, 0.15) is 25.3 Å². The lowest BCUT2D eigenvalue weighted by Crippen LogP contribution is -2.15. The summed E-state index contributed by atoms with van der Waals surface area (Å²) in [5, 5.41) is 1.26. The van der Waals surface area contributed by atoms with Gasteiger partial charge in [0.05, 0.1) is 0 Å². The molecule has 0 aliphatic heterocycles. The van der Waals surface area contributed by atoms with Gasteiger partial charge in [-0.15, -0.1) is 0 Å². The van der Waals surface area contributed by atoms with Gasteiger partial charge in [-0.2, -0.15) is 0 Å². The number of hydrogen-bond donors (Lipinski definition) is 1. The first kappa shape index (κ1) is 7.92. The molecule has 1 heterocycles. The molecular weight excluding hydrogens is 172 g/mol. The fourth-order valence-corrected chi connectivity index (χ4v) is 2.17. The second kappa shape index (κ2) is 2.77. The molecule has 14 heavy (non-hydrogen) atoms. The maximum atomic E-state index is 5.75. The van der Waals surface area contributed by atoms with Crippen LogP contribution in [0.15, 0.2) is 30.5 Å². The van der Waals surface area contributed by atoms with Gasteiger partial charge in [-0.25, -0.2) is 0 Å². The van der Waals surface area contributed by atoms with Crippen LogP contribution >= 0.6 is 0 Å². The first-order chi connectivity index (χ1) is 6.84. The zero-order valence-electron chi connectivity index (χ0n) is 8.11. The quantitative estimate of drug-likeness (QED) is 0.682. The average molecular weight is 186 g/mol. The number of anilines is 1. The van der Waals surface area contributed by atoms with Crippen LogP contribution in [-0.2, 0) is 0 Å². The van der Waals surface area contributed by atoms with E-state index in [1.807, 2.05) is 12.1 Å². The van der Waals surface area contributed by atoms with Gasteiger partial charge in [-0.05, 0) is 43.5 Å². The van der Waals surface area contributed by atoms with E-state index in [4.69, 9.17) is 5.73 Å². The zero-order chi connectivity index (χ0) is 9.54. The summed E-state index contributed by atoms with van der Waals surface area (Å²) >= 11 is 0. The molecule has 1 aliphatic rings. The van der Waals surface area contributed by atoms with Crippen molar-refractivity contribution in [3.63, 3.8) is 0 Å². The van der Waals surface area contributed by atoms with Crippen molar-refractivity contribution in [2.24, 2.45) is 0 Å². The molecule has 0 unspecified atom stereocenters. The van der Waals surface area contributed by atoms with E-state index < -0.39 is 0 Å². The Morgan fingerprint density at radius 3 is 2.79 bits per heavy atom. The number of nitrogens with two attached hydrogens (primary N) is 1. The summed E-state index contributed by atoms with van der Waals surface area (Å²) in [5.41, 5.74) is 7.92. The lowest BCUT2D eigenvalue weighted by molar-refractivity contribution is 0.321. The number of nitrogen functional groups attached to an aromatic ring is 1. The third kappa shape index (κ3) is 1.03. The molecule has 0 bridgehead atoms. The van der Waals surface area contributed by atoms with Gasteiger partial charge in [0.25, 0.3) is 0 Å². The molecule has 0 atom stereocenters. The summed E-state index contributed by atoms with van der Waals surface area (Å²) in [5.74, 6) is 0. The van der Waals surface area contributed by atoms with Gasteiger partial charge in [0.15, 0.2) is 0 Å². The number of aromatic nitrogens is 1. The van der Waals surface area contributed by atoms with Crippen LogP contribution in [0.4, 0.5) is 5.69 Å². The standard InChI is InChI=1S/C12H14N2/c13-10-4-5-12-9(8-10)6-7-14(12)11-2-1-3-11/h4-8,11H,1-3,13H2. The molecule has 0 saturated heterocycles. The van der Waals surface area contributed by atoms with Crippen molar-refractivity contribution in [3.8, 4) is 0 Å². The van der Waals surface area contributed by atoms with E-state index in [2.05, 4.69) is 22.9 Å². The summed E-state index contributed by atoms with van der Waals surface area (Å²) in [6, 6.07) is 9.05. The first-order valence-corrected chi connectivity index (χ1v) is 5.21. The van der Waals surface area contributed by atoms with E-state index in [0.717, 1.165) is 11.7 Å². The van der Waals surface area contributed by atoms with Crippen LogP contribution in [0.2, 0.25) is 0 Å². The number of nitrogens with zero attached hydrogens (tertiary/aromatic N) is 1. The molecule has 1 saturated carbocycles. The van der Waals surface area contributed by atoms with Crippen LogP contribution in [-0.4, -0.2) is 4.57 Å². The molecule has 2 heteroatoms. The molecule has 72 valence electrons. The minimum Gasteiger partial charge on any atom is -0.399 e. The van der Waals surface area contributed by atoms with Crippen LogP contribution in [0.5, 0.6) is 0 Å². The first-order valence-electron chi connectivity index (χ1n) is 5.21. The molecule has 1 aromatic carbocycles. The van der Waals surface area contributed by atoms with Gasteiger partial charge >= 0.3 is 0 Å². The Hall–Kier alpha value is -1.44. The van der Waals surface area contributed by atoms with Crippen LogP contribution in [0.3, 0.4) is 0 Å². The zero-order valence-corrected chi connectivity index (χ0v) is 8.11. The topological polar surface area (TPSA) is 30.9 Å². The molecular formula is C12H14N2. The SMILES string of the molecule is Nc1ccc2c(ccn2C2CCC2)c1. The monoisotopic (exact) mass is 186 g/mol. The van der Waals surface area contributed by atoms with Crippen molar-refractivity contribution in [2.75, 3.05) is 5.73 Å². The highest BCUT2D eigenvalue weighted by Gasteiger charge is 2.19. The lowest BCUT2D eigenvalue weighted by Gasteiger charge is -2.28. The van der Waals surface area contributed by atoms with E-state index in [9.17, 15) is 0 Å². The molecule has 0 spiro atoms. The van der Waals surface area contributed by atoms with Gasteiger partial charge in [0, 0.05) is 28.8 Å². The minimum atomic E-state index is 0.733. The van der Waals surface area contributed by atoms with Crippen molar-refractivity contribution >= 4 is 16.6 Å².